The quantitative estimate of drug-likeness (QED) is 0.676. The van der Waals surface area contributed by atoms with E-state index in [4.69, 9.17) is 0 Å². The molecule has 0 aliphatic carbocycles. The maximum Gasteiger partial charge on any atom is 0.319 e. The van der Waals surface area contributed by atoms with Crippen LogP contribution in [0.2, 0.25) is 0 Å². The highest BCUT2D eigenvalue weighted by atomic mass is 19.1. The Morgan fingerprint density at radius 3 is 2.96 bits per heavy atom. The van der Waals surface area contributed by atoms with E-state index in [0.717, 1.165) is 24.2 Å². The molecule has 25 heavy (non-hydrogen) atoms. The molecule has 1 aliphatic rings. The molecule has 1 atom stereocenters. The Kier molecular flexibility index (Phi) is 3.88. The molecule has 3 heterocycles. The number of aromatic amines is 1. The molecule has 0 spiro atoms. The van der Waals surface area contributed by atoms with Gasteiger partial charge in [-0.2, -0.15) is 5.10 Å². The SMILES string of the molecule is O=C(Nc1ccc(F)cc1)N[C@H]1CCN(c2ncnc3[nH]ncc23)C1. The van der Waals surface area contributed by atoms with Gasteiger partial charge >= 0.3 is 6.03 Å². The summed E-state index contributed by atoms with van der Waals surface area (Å²) in [7, 11) is 0. The number of H-pyrrole nitrogens is 1. The summed E-state index contributed by atoms with van der Waals surface area (Å²) in [6, 6.07) is 5.33. The van der Waals surface area contributed by atoms with Crippen molar-refractivity contribution in [3.8, 4) is 0 Å². The summed E-state index contributed by atoms with van der Waals surface area (Å²) in [6.07, 6.45) is 4.00. The van der Waals surface area contributed by atoms with Crippen molar-refractivity contribution in [2.75, 3.05) is 23.3 Å². The Balaban J connectivity index is 1.38. The molecule has 3 aromatic rings. The number of nitrogens with one attached hydrogen (secondary N) is 3. The molecule has 2 amide bonds. The fraction of sp³-hybridized carbons (Fsp3) is 0.250. The lowest BCUT2D eigenvalue weighted by atomic mass is 10.2. The van der Waals surface area contributed by atoms with Crippen molar-refractivity contribution in [2.45, 2.75) is 12.5 Å². The van der Waals surface area contributed by atoms with Crippen molar-refractivity contribution in [3.05, 3.63) is 42.6 Å². The topological polar surface area (TPSA) is 98.8 Å². The first-order valence-electron chi connectivity index (χ1n) is 7.91. The molecule has 4 rings (SSSR count). The zero-order chi connectivity index (χ0) is 17.2. The molecule has 1 aliphatic heterocycles. The van der Waals surface area contributed by atoms with Crippen LogP contribution in [0.1, 0.15) is 6.42 Å². The molecule has 128 valence electrons. The van der Waals surface area contributed by atoms with Crippen LogP contribution >= 0.6 is 0 Å². The molecule has 1 fully saturated rings. The van der Waals surface area contributed by atoms with E-state index in [1.54, 1.807) is 6.20 Å². The van der Waals surface area contributed by atoms with Crippen LogP contribution < -0.4 is 15.5 Å². The van der Waals surface area contributed by atoms with E-state index in [1.165, 1.54) is 30.6 Å². The van der Waals surface area contributed by atoms with Crippen LogP contribution in [0.5, 0.6) is 0 Å². The highest BCUT2D eigenvalue weighted by Gasteiger charge is 2.26. The Morgan fingerprint density at radius 2 is 2.12 bits per heavy atom. The lowest BCUT2D eigenvalue weighted by Gasteiger charge is -2.18. The number of carbonyl (C=O) groups is 1. The maximum absolute atomic E-state index is 12.9. The van der Waals surface area contributed by atoms with E-state index < -0.39 is 0 Å². The van der Waals surface area contributed by atoms with Crippen LogP contribution in [0.25, 0.3) is 11.0 Å². The summed E-state index contributed by atoms with van der Waals surface area (Å²) in [5, 5.41) is 13.3. The first-order valence-corrected chi connectivity index (χ1v) is 7.91. The van der Waals surface area contributed by atoms with Gasteiger partial charge < -0.3 is 15.5 Å². The molecule has 9 heteroatoms. The zero-order valence-electron chi connectivity index (χ0n) is 13.2. The number of hydrogen-bond donors (Lipinski definition) is 3. The van der Waals surface area contributed by atoms with E-state index in [0.29, 0.717) is 17.9 Å². The Morgan fingerprint density at radius 1 is 1.28 bits per heavy atom. The number of hydrogen-bond acceptors (Lipinski definition) is 5. The van der Waals surface area contributed by atoms with E-state index in [9.17, 15) is 9.18 Å². The van der Waals surface area contributed by atoms with Crippen molar-refractivity contribution in [2.24, 2.45) is 0 Å². The van der Waals surface area contributed by atoms with E-state index in [-0.39, 0.29) is 17.9 Å². The van der Waals surface area contributed by atoms with Crippen LogP contribution in [-0.4, -0.2) is 45.3 Å². The maximum atomic E-state index is 12.9. The van der Waals surface area contributed by atoms with Crippen LogP contribution in [0.3, 0.4) is 0 Å². The number of nitrogens with zero attached hydrogens (tertiary/aromatic N) is 4. The molecule has 1 saturated heterocycles. The predicted octanol–water partition coefficient (Wildman–Crippen LogP) is 1.89. The number of benzene rings is 1. The average molecular weight is 341 g/mol. The Bertz CT molecular complexity index is 895. The second-order valence-electron chi connectivity index (χ2n) is 5.87. The van der Waals surface area contributed by atoms with Gasteiger partial charge in [0.1, 0.15) is 18.0 Å². The Hall–Kier alpha value is -3.23. The first-order chi connectivity index (χ1) is 12.2. The minimum Gasteiger partial charge on any atom is -0.354 e. The number of rotatable bonds is 3. The molecule has 3 N–H and O–H groups in total. The highest BCUT2D eigenvalue weighted by Crippen LogP contribution is 2.24. The molecular weight excluding hydrogens is 325 g/mol. The highest BCUT2D eigenvalue weighted by molar-refractivity contribution is 5.89. The molecular formula is C16H16FN7O. The summed E-state index contributed by atoms with van der Waals surface area (Å²) >= 11 is 0. The van der Waals surface area contributed by atoms with Crippen LogP contribution in [0.15, 0.2) is 36.8 Å². The number of urea groups is 1. The molecule has 1 aromatic carbocycles. The van der Waals surface area contributed by atoms with Gasteiger partial charge in [-0.25, -0.2) is 19.2 Å². The van der Waals surface area contributed by atoms with Crippen molar-refractivity contribution >= 4 is 28.6 Å². The van der Waals surface area contributed by atoms with Gasteiger partial charge in [0.25, 0.3) is 0 Å². The van der Waals surface area contributed by atoms with Gasteiger partial charge in [-0.1, -0.05) is 0 Å². The third kappa shape index (κ3) is 3.21. The predicted molar refractivity (Wildman–Crippen MR) is 90.9 cm³/mol. The lowest BCUT2D eigenvalue weighted by Crippen LogP contribution is -2.39. The summed E-state index contributed by atoms with van der Waals surface area (Å²) in [5.74, 6) is 0.467. The van der Waals surface area contributed by atoms with Gasteiger partial charge in [-0.3, -0.25) is 5.10 Å². The third-order valence-electron chi connectivity index (χ3n) is 4.15. The van der Waals surface area contributed by atoms with Gasteiger partial charge in [0.15, 0.2) is 5.65 Å². The molecule has 2 aromatic heterocycles. The van der Waals surface area contributed by atoms with Crippen molar-refractivity contribution in [1.29, 1.82) is 0 Å². The largest absolute Gasteiger partial charge is 0.354 e. The molecule has 0 bridgehead atoms. The summed E-state index contributed by atoms with van der Waals surface area (Å²) in [4.78, 5) is 22.7. The number of anilines is 2. The fourth-order valence-electron chi connectivity index (χ4n) is 2.96. The second kappa shape index (κ2) is 6.34. The molecule has 0 radical (unpaired) electrons. The number of halogens is 1. The van der Waals surface area contributed by atoms with Gasteiger partial charge in [0, 0.05) is 24.8 Å². The third-order valence-corrected chi connectivity index (χ3v) is 4.15. The number of carbonyl (C=O) groups excluding carboxylic acids is 1. The minimum atomic E-state index is -0.340. The Labute approximate surface area is 142 Å². The van der Waals surface area contributed by atoms with E-state index in [1.807, 2.05) is 0 Å². The monoisotopic (exact) mass is 341 g/mol. The number of fused-ring (bicyclic) bond motifs is 1. The van der Waals surface area contributed by atoms with Crippen LogP contribution in [-0.2, 0) is 0 Å². The molecule has 8 nitrogen and oxygen atoms in total. The smallest absolute Gasteiger partial charge is 0.319 e. The average Bonchev–Trinajstić information content (AvgIpc) is 3.25. The summed E-state index contributed by atoms with van der Waals surface area (Å²) in [6.45, 7) is 1.42. The zero-order valence-corrected chi connectivity index (χ0v) is 13.2. The van der Waals surface area contributed by atoms with Crippen molar-refractivity contribution in [3.63, 3.8) is 0 Å². The van der Waals surface area contributed by atoms with E-state index in [2.05, 4.69) is 35.7 Å². The molecule has 0 unspecified atom stereocenters. The van der Waals surface area contributed by atoms with Crippen molar-refractivity contribution in [1.82, 2.24) is 25.5 Å². The minimum absolute atomic E-state index is 0.00244. The summed E-state index contributed by atoms with van der Waals surface area (Å²) < 4.78 is 12.9. The number of amides is 2. The van der Waals surface area contributed by atoms with Gasteiger partial charge in [-0.05, 0) is 30.7 Å². The first kappa shape index (κ1) is 15.3. The second-order valence-corrected chi connectivity index (χ2v) is 5.87. The van der Waals surface area contributed by atoms with Crippen molar-refractivity contribution < 1.29 is 9.18 Å². The fourth-order valence-corrected chi connectivity index (χ4v) is 2.96. The number of aromatic nitrogens is 4. The van der Waals surface area contributed by atoms with Crippen LogP contribution in [0.4, 0.5) is 20.7 Å². The van der Waals surface area contributed by atoms with Crippen LogP contribution in [0, 0.1) is 5.82 Å². The lowest BCUT2D eigenvalue weighted by molar-refractivity contribution is 0.249. The summed E-state index contributed by atoms with van der Waals surface area (Å²) in [5.41, 5.74) is 1.24. The standard InChI is InChI=1S/C16H16FN7O/c17-10-1-3-11(4-2-10)21-16(25)22-12-5-6-24(8-12)15-13-7-20-23-14(13)18-9-19-15/h1-4,7,9,12H,5-6,8H2,(H2,21,22,25)(H,18,19,20,23)/t12-/m0/s1. The van der Waals surface area contributed by atoms with Gasteiger partial charge in [0.05, 0.1) is 11.6 Å². The van der Waals surface area contributed by atoms with Gasteiger partial charge in [0.2, 0.25) is 0 Å². The molecule has 0 saturated carbocycles. The normalized spacial score (nSPS) is 17.0. The van der Waals surface area contributed by atoms with Gasteiger partial charge in [-0.15, -0.1) is 0 Å². The van der Waals surface area contributed by atoms with E-state index >= 15 is 0 Å².